The molecule has 0 saturated carbocycles. The minimum absolute atomic E-state index is 0.443. The summed E-state index contributed by atoms with van der Waals surface area (Å²) in [5.74, 6) is -2.45. The molecule has 0 amide bonds. The number of hydrogen-bond donors (Lipinski definition) is 0. The van der Waals surface area contributed by atoms with E-state index in [4.69, 9.17) is 18.9 Å². The average Bonchev–Trinajstić information content (AvgIpc) is 2.87. The zero-order valence-electron chi connectivity index (χ0n) is 19.3. The SMILES string of the molecule is COC1(OC)C=C(CSCC2=CC(OC)(OC)C(N=C=O)(N=C=O)C=C2)C=CC1(N=C=O)N=C=O. The van der Waals surface area contributed by atoms with Gasteiger partial charge in [-0.25, -0.2) is 19.2 Å². The van der Waals surface area contributed by atoms with Gasteiger partial charge in [0.25, 0.3) is 0 Å². The summed E-state index contributed by atoms with van der Waals surface area (Å²) in [7, 11) is 5.29. The van der Waals surface area contributed by atoms with Crippen molar-refractivity contribution in [2.24, 2.45) is 20.0 Å². The number of hydrogen-bond acceptors (Lipinski definition) is 13. The first-order valence-corrected chi connectivity index (χ1v) is 11.0. The highest BCUT2D eigenvalue weighted by molar-refractivity contribution is 7.99. The normalized spacial score (nSPS) is 25.6. The van der Waals surface area contributed by atoms with Crippen LogP contribution in [0.4, 0.5) is 0 Å². The van der Waals surface area contributed by atoms with Crippen LogP contribution in [0.2, 0.25) is 0 Å². The molecule has 0 aromatic carbocycles. The van der Waals surface area contributed by atoms with E-state index in [0.717, 1.165) is 11.1 Å². The molecule has 2 rings (SSSR count). The van der Waals surface area contributed by atoms with E-state index in [1.807, 2.05) is 0 Å². The Bertz CT molecular complexity index is 1000. The Kier molecular flexibility index (Phi) is 9.47. The molecule has 0 fully saturated rings. The van der Waals surface area contributed by atoms with Gasteiger partial charge in [-0.3, -0.25) is 0 Å². The fourth-order valence-corrected chi connectivity index (χ4v) is 4.67. The van der Waals surface area contributed by atoms with E-state index in [-0.39, 0.29) is 0 Å². The highest BCUT2D eigenvalue weighted by atomic mass is 32.2. The molecule has 2 aliphatic rings. The minimum atomic E-state index is -1.80. The molecule has 0 radical (unpaired) electrons. The highest BCUT2D eigenvalue weighted by Gasteiger charge is 2.54. The van der Waals surface area contributed by atoms with Crippen LogP contribution in [0, 0.1) is 0 Å². The maximum Gasteiger partial charge on any atom is 0.250 e. The summed E-state index contributed by atoms with van der Waals surface area (Å²) in [6.07, 6.45) is 14.7. The van der Waals surface area contributed by atoms with Gasteiger partial charge in [0.05, 0.1) is 0 Å². The van der Waals surface area contributed by atoms with Crippen LogP contribution in [-0.2, 0) is 38.1 Å². The smallest absolute Gasteiger partial charge is 0.250 e. The quantitative estimate of drug-likeness (QED) is 0.219. The number of ether oxygens (including phenoxy) is 4. The number of carbonyl (C=O) groups excluding carboxylic acids is 4. The number of methoxy groups -OCH3 is 4. The molecule has 0 aromatic rings. The fraction of sp³-hybridized carbons (Fsp3) is 0.455. The number of isocyanates is 4. The molecule has 0 aliphatic heterocycles. The molecule has 0 saturated heterocycles. The molecule has 0 unspecified atom stereocenters. The van der Waals surface area contributed by atoms with E-state index in [9.17, 15) is 19.2 Å². The van der Waals surface area contributed by atoms with Gasteiger partial charge in [0.15, 0.2) is 0 Å². The van der Waals surface area contributed by atoms with Crippen LogP contribution >= 0.6 is 11.8 Å². The fourth-order valence-electron chi connectivity index (χ4n) is 3.73. The van der Waals surface area contributed by atoms with E-state index < -0.39 is 22.9 Å². The minimum Gasteiger partial charge on any atom is -0.346 e. The molecule has 0 bridgehead atoms. The van der Waals surface area contributed by atoms with Gasteiger partial charge >= 0.3 is 0 Å². The molecule has 0 aromatic heterocycles. The van der Waals surface area contributed by atoms with Crippen molar-refractivity contribution < 1.29 is 38.1 Å². The van der Waals surface area contributed by atoms with Crippen molar-refractivity contribution in [1.82, 2.24) is 0 Å². The van der Waals surface area contributed by atoms with Gasteiger partial charge in [0, 0.05) is 39.9 Å². The zero-order chi connectivity index (χ0) is 26.0. The lowest BCUT2D eigenvalue weighted by Gasteiger charge is -2.40. The maximum absolute atomic E-state index is 11.0. The van der Waals surface area contributed by atoms with Gasteiger partial charge in [0.2, 0.25) is 47.2 Å². The van der Waals surface area contributed by atoms with Crippen molar-refractivity contribution in [3.05, 3.63) is 47.6 Å². The molecule has 184 valence electrons. The van der Waals surface area contributed by atoms with E-state index in [1.165, 1.54) is 76.7 Å². The number of thioether (sulfide) groups is 1. The van der Waals surface area contributed by atoms with E-state index in [0.29, 0.717) is 11.5 Å². The Morgan fingerprint density at radius 3 is 1.23 bits per heavy atom. The van der Waals surface area contributed by atoms with Crippen molar-refractivity contribution in [2.45, 2.75) is 22.9 Å². The van der Waals surface area contributed by atoms with Crippen molar-refractivity contribution in [3.8, 4) is 0 Å². The first-order valence-electron chi connectivity index (χ1n) is 9.82. The molecule has 0 atom stereocenters. The molecular formula is C22H22N4O8S. The third kappa shape index (κ3) is 5.05. The second-order valence-electron chi connectivity index (χ2n) is 7.01. The Labute approximate surface area is 204 Å². The van der Waals surface area contributed by atoms with E-state index >= 15 is 0 Å². The second kappa shape index (κ2) is 11.9. The number of nitrogens with zero attached hydrogens (tertiary/aromatic N) is 4. The van der Waals surface area contributed by atoms with Gasteiger partial charge in [-0.05, 0) is 35.5 Å². The Morgan fingerprint density at radius 1 is 0.657 bits per heavy atom. The average molecular weight is 503 g/mol. The topological polar surface area (TPSA) is 155 Å². The molecule has 35 heavy (non-hydrogen) atoms. The summed E-state index contributed by atoms with van der Waals surface area (Å²) in [5.41, 5.74) is -2.15. The van der Waals surface area contributed by atoms with Crippen molar-refractivity contribution >= 4 is 36.1 Å². The number of rotatable bonds is 12. The van der Waals surface area contributed by atoms with Crippen molar-refractivity contribution in [1.29, 1.82) is 0 Å². The predicted molar refractivity (Wildman–Crippen MR) is 123 cm³/mol. The van der Waals surface area contributed by atoms with Crippen LogP contribution in [-0.4, -0.2) is 87.2 Å². The van der Waals surface area contributed by atoms with Gasteiger partial charge < -0.3 is 18.9 Å². The third-order valence-corrected chi connectivity index (χ3v) is 6.53. The first-order chi connectivity index (χ1) is 16.8. The van der Waals surface area contributed by atoms with Crippen LogP contribution in [0.5, 0.6) is 0 Å². The van der Waals surface area contributed by atoms with Crippen LogP contribution in [0.1, 0.15) is 0 Å². The van der Waals surface area contributed by atoms with Gasteiger partial charge in [-0.2, -0.15) is 31.7 Å². The summed E-state index contributed by atoms with van der Waals surface area (Å²) in [6.45, 7) is 0. The van der Waals surface area contributed by atoms with Gasteiger partial charge in [-0.15, -0.1) is 0 Å². The predicted octanol–water partition coefficient (Wildman–Crippen LogP) is 1.43. The van der Waals surface area contributed by atoms with Crippen LogP contribution in [0.25, 0.3) is 0 Å². The first kappa shape index (κ1) is 27.9. The molecule has 2 aliphatic carbocycles. The molecule has 0 heterocycles. The van der Waals surface area contributed by atoms with Crippen LogP contribution in [0.3, 0.4) is 0 Å². The van der Waals surface area contributed by atoms with E-state index in [2.05, 4.69) is 20.0 Å². The largest absolute Gasteiger partial charge is 0.346 e. The summed E-state index contributed by atoms with van der Waals surface area (Å²) < 4.78 is 21.8. The molecule has 13 heteroatoms. The lowest BCUT2D eigenvalue weighted by molar-refractivity contribution is -0.201. The van der Waals surface area contributed by atoms with Crippen LogP contribution < -0.4 is 0 Å². The number of allylic oxidation sites excluding steroid dienone is 2. The molecular weight excluding hydrogens is 480 g/mol. The Morgan fingerprint density at radius 2 is 0.971 bits per heavy atom. The monoisotopic (exact) mass is 502 g/mol. The Balaban J connectivity index is 2.29. The zero-order valence-corrected chi connectivity index (χ0v) is 20.2. The summed E-state index contributed by atoms with van der Waals surface area (Å²) >= 11 is 1.47. The van der Waals surface area contributed by atoms with Crippen molar-refractivity contribution in [3.63, 3.8) is 0 Å². The van der Waals surface area contributed by atoms with Gasteiger partial charge in [-0.1, -0.05) is 12.2 Å². The highest BCUT2D eigenvalue weighted by Crippen LogP contribution is 2.41. The molecule has 12 nitrogen and oxygen atoms in total. The second-order valence-corrected chi connectivity index (χ2v) is 8.00. The van der Waals surface area contributed by atoms with Gasteiger partial charge in [0.1, 0.15) is 0 Å². The van der Waals surface area contributed by atoms with E-state index in [1.54, 1.807) is 24.3 Å². The maximum atomic E-state index is 11.0. The van der Waals surface area contributed by atoms with Crippen LogP contribution in [0.15, 0.2) is 67.6 Å². The summed E-state index contributed by atoms with van der Waals surface area (Å²) in [4.78, 5) is 58.5. The Hall–Kier alpha value is -3.33. The standard InChI is InChI=1S/C22H22N4O8S/c1-31-21(32-2)9-17(5-7-19(21,23-13-27)24-14-28)11-35-12-18-6-8-20(25-15-29,26-16-30)22(10-18,33-3)34-4/h5-10H,11-12H2,1-4H3. The molecule has 0 spiro atoms. The summed E-state index contributed by atoms with van der Waals surface area (Å²) in [6, 6.07) is 0. The number of aliphatic imine (C=N–C) groups is 4. The lowest BCUT2D eigenvalue weighted by atomic mass is 9.91. The lowest BCUT2D eigenvalue weighted by Crippen LogP contribution is -2.53. The van der Waals surface area contributed by atoms with Crippen molar-refractivity contribution in [2.75, 3.05) is 39.9 Å². The molecule has 0 N–H and O–H groups in total. The third-order valence-electron chi connectivity index (χ3n) is 5.45. The summed E-state index contributed by atoms with van der Waals surface area (Å²) in [5, 5.41) is 0.